The summed E-state index contributed by atoms with van der Waals surface area (Å²) >= 11 is 5.97. The highest BCUT2D eigenvalue weighted by Gasteiger charge is 2.32. The lowest BCUT2D eigenvalue weighted by atomic mass is 9.88. The molecular formula is C13H18ClN3. The number of pyridine rings is 1. The van der Waals surface area contributed by atoms with E-state index >= 15 is 0 Å². The van der Waals surface area contributed by atoms with Gasteiger partial charge in [0.05, 0.1) is 11.9 Å². The van der Waals surface area contributed by atoms with Crippen LogP contribution in [0.1, 0.15) is 12.0 Å². The van der Waals surface area contributed by atoms with Gasteiger partial charge in [-0.2, -0.15) is 0 Å². The van der Waals surface area contributed by atoms with Crippen molar-refractivity contribution < 1.29 is 0 Å². The molecule has 2 aliphatic rings. The molecule has 0 radical (unpaired) electrons. The van der Waals surface area contributed by atoms with Gasteiger partial charge in [-0.15, -0.1) is 0 Å². The van der Waals surface area contributed by atoms with E-state index < -0.39 is 0 Å². The molecule has 3 heterocycles. The number of nitrogens with zero attached hydrogens (tertiary/aromatic N) is 2. The average molecular weight is 252 g/mol. The van der Waals surface area contributed by atoms with Gasteiger partial charge < -0.3 is 10.2 Å². The Kier molecular flexibility index (Phi) is 2.97. The molecule has 1 aromatic rings. The van der Waals surface area contributed by atoms with Gasteiger partial charge in [0.2, 0.25) is 0 Å². The zero-order valence-corrected chi connectivity index (χ0v) is 10.9. The Morgan fingerprint density at radius 1 is 1.41 bits per heavy atom. The summed E-state index contributed by atoms with van der Waals surface area (Å²) in [5.74, 6) is 1.69. The SMILES string of the molecule is Cc1cc(N2CCC3CNCC3C2)cnc1Cl. The van der Waals surface area contributed by atoms with E-state index in [0.29, 0.717) is 5.15 Å². The summed E-state index contributed by atoms with van der Waals surface area (Å²) in [5, 5.41) is 4.11. The molecule has 2 unspecified atom stereocenters. The van der Waals surface area contributed by atoms with Gasteiger partial charge in [0.15, 0.2) is 0 Å². The van der Waals surface area contributed by atoms with Crippen LogP contribution in [0.3, 0.4) is 0 Å². The molecule has 2 atom stereocenters. The highest BCUT2D eigenvalue weighted by atomic mass is 35.5. The van der Waals surface area contributed by atoms with Gasteiger partial charge in [-0.3, -0.25) is 0 Å². The smallest absolute Gasteiger partial charge is 0.132 e. The Bertz CT molecular complexity index is 421. The molecule has 1 aromatic heterocycles. The maximum absolute atomic E-state index is 5.97. The van der Waals surface area contributed by atoms with Gasteiger partial charge in [-0.05, 0) is 49.9 Å². The normalized spacial score (nSPS) is 28.2. The first-order valence-corrected chi connectivity index (χ1v) is 6.69. The van der Waals surface area contributed by atoms with Gasteiger partial charge in [0.1, 0.15) is 5.15 Å². The fourth-order valence-electron chi connectivity index (χ4n) is 2.99. The predicted molar refractivity (Wildman–Crippen MR) is 70.7 cm³/mol. The highest BCUT2D eigenvalue weighted by Crippen LogP contribution is 2.30. The maximum Gasteiger partial charge on any atom is 0.132 e. The number of anilines is 1. The second kappa shape index (κ2) is 4.46. The minimum Gasteiger partial charge on any atom is -0.370 e. The Balaban J connectivity index is 1.78. The van der Waals surface area contributed by atoms with E-state index in [4.69, 9.17) is 11.6 Å². The lowest BCUT2D eigenvalue weighted by molar-refractivity contribution is 0.349. The van der Waals surface area contributed by atoms with Crippen LogP contribution in [0.25, 0.3) is 0 Å². The third-order valence-corrected chi connectivity index (χ3v) is 4.47. The van der Waals surface area contributed by atoms with Crippen LogP contribution in [0, 0.1) is 18.8 Å². The van der Waals surface area contributed by atoms with Gasteiger partial charge >= 0.3 is 0 Å². The van der Waals surface area contributed by atoms with E-state index in [2.05, 4.69) is 21.3 Å². The second-order valence-corrected chi connectivity index (χ2v) is 5.57. The third kappa shape index (κ3) is 2.14. The largest absolute Gasteiger partial charge is 0.370 e. The molecule has 0 aromatic carbocycles. The summed E-state index contributed by atoms with van der Waals surface area (Å²) in [6.07, 6.45) is 3.19. The minimum atomic E-state index is 0.617. The molecule has 4 heteroatoms. The van der Waals surface area contributed by atoms with Crippen molar-refractivity contribution in [1.29, 1.82) is 0 Å². The van der Waals surface area contributed by atoms with E-state index in [1.54, 1.807) is 0 Å². The van der Waals surface area contributed by atoms with Crippen LogP contribution in [0.2, 0.25) is 5.15 Å². The molecule has 0 bridgehead atoms. The van der Waals surface area contributed by atoms with E-state index in [1.807, 2.05) is 13.1 Å². The topological polar surface area (TPSA) is 28.2 Å². The lowest BCUT2D eigenvalue weighted by Crippen LogP contribution is -2.40. The van der Waals surface area contributed by atoms with E-state index in [9.17, 15) is 0 Å². The van der Waals surface area contributed by atoms with E-state index in [-0.39, 0.29) is 0 Å². The van der Waals surface area contributed by atoms with Crippen LogP contribution in [-0.4, -0.2) is 31.2 Å². The Morgan fingerprint density at radius 3 is 3.06 bits per heavy atom. The molecule has 0 spiro atoms. The van der Waals surface area contributed by atoms with Crippen molar-refractivity contribution in [3.63, 3.8) is 0 Å². The number of aromatic nitrogens is 1. The average Bonchev–Trinajstić information content (AvgIpc) is 2.79. The number of rotatable bonds is 1. The molecule has 3 nitrogen and oxygen atoms in total. The number of halogens is 1. The molecule has 0 saturated carbocycles. The number of fused-ring (bicyclic) bond motifs is 1. The molecule has 2 saturated heterocycles. The van der Waals surface area contributed by atoms with Gasteiger partial charge in [-0.25, -0.2) is 4.98 Å². The van der Waals surface area contributed by atoms with Gasteiger partial charge in [0.25, 0.3) is 0 Å². The van der Waals surface area contributed by atoms with Crippen molar-refractivity contribution in [2.24, 2.45) is 11.8 Å². The number of hydrogen-bond donors (Lipinski definition) is 1. The number of hydrogen-bond acceptors (Lipinski definition) is 3. The van der Waals surface area contributed by atoms with E-state index in [1.165, 1.54) is 25.2 Å². The summed E-state index contributed by atoms with van der Waals surface area (Å²) in [4.78, 5) is 6.70. The number of nitrogens with one attached hydrogen (secondary N) is 1. The van der Waals surface area contributed by atoms with Crippen LogP contribution < -0.4 is 10.2 Å². The second-order valence-electron chi connectivity index (χ2n) is 5.21. The van der Waals surface area contributed by atoms with Crippen molar-refractivity contribution >= 4 is 17.3 Å². The lowest BCUT2D eigenvalue weighted by Gasteiger charge is -2.36. The molecule has 2 aliphatic heterocycles. The van der Waals surface area contributed by atoms with Crippen molar-refractivity contribution in [1.82, 2.24) is 10.3 Å². The van der Waals surface area contributed by atoms with Crippen LogP contribution in [0.15, 0.2) is 12.3 Å². The Morgan fingerprint density at radius 2 is 2.24 bits per heavy atom. The van der Waals surface area contributed by atoms with Crippen molar-refractivity contribution in [2.75, 3.05) is 31.1 Å². The number of piperidine rings is 1. The summed E-state index contributed by atoms with van der Waals surface area (Å²) in [5.41, 5.74) is 2.29. The summed E-state index contributed by atoms with van der Waals surface area (Å²) in [6, 6.07) is 2.15. The first-order valence-electron chi connectivity index (χ1n) is 6.32. The van der Waals surface area contributed by atoms with Gasteiger partial charge in [0, 0.05) is 13.1 Å². The first kappa shape index (κ1) is 11.3. The minimum absolute atomic E-state index is 0.617. The fraction of sp³-hybridized carbons (Fsp3) is 0.615. The van der Waals surface area contributed by atoms with Crippen molar-refractivity contribution in [3.05, 3.63) is 23.0 Å². The molecule has 3 rings (SSSR count). The molecule has 92 valence electrons. The standard InChI is InChI=1S/C13H18ClN3/c1-9-4-12(7-16-13(9)14)17-3-2-10-5-15-6-11(10)8-17/h4,7,10-11,15H,2-3,5-6,8H2,1H3. The number of aryl methyl sites for hydroxylation is 1. The highest BCUT2D eigenvalue weighted by molar-refractivity contribution is 6.30. The quantitative estimate of drug-likeness (QED) is 0.775. The summed E-state index contributed by atoms with van der Waals surface area (Å²) < 4.78 is 0. The maximum atomic E-state index is 5.97. The van der Waals surface area contributed by atoms with Crippen LogP contribution >= 0.6 is 11.6 Å². The Labute approximate surface area is 107 Å². The van der Waals surface area contributed by atoms with Crippen LogP contribution in [0.5, 0.6) is 0 Å². The molecule has 0 amide bonds. The first-order chi connectivity index (χ1) is 8.24. The van der Waals surface area contributed by atoms with Gasteiger partial charge in [-0.1, -0.05) is 11.6 Å². The van der Waals surface area contributed by atoms with E-state index in [0.717, 1.165) is 30.5 Å². The monoisotopic (exact) mass is 251 g/mol. The molecule has 0 aliphatic carbocycles. The molecule has 17 heavy (non-hydrogen) atoms. The Hall–Kier alpha value is -0.800. The summed E-state index contributed by atoms with van der Waals surface area (Å²) in [7, 11) is 0. The fourth-order valence-corrected chi connectivity index (χ4v) is 3.09. The zero-order chi connectivity index (χ0) is 11.8. The molecule has 2 fully saturated rings. The van der Waals surface area contributed by atoms with Crippen LogP contribution in [-0.2, 0) is 0 Å². The van der Waals surface area contributed by atoms with Crippen molar-refractivity contribution in [3.8, 4) is 0 Å². The summed E-state index contributed by atoms with van der Waals surface area (Å²) in [6.45, 7) is 6.69. The molecule has 1 N–H and O–H groups in total. The van der Waals surface area contributed by atoms with Crippen LogP contribution in [0.4, 0.5) is 5.69 Å². The zero-order valence-electron chi connectivity index (χ0n) is 10.1. The van der Waals surface area contributed by atoms with Crippen molar-refractivity contribution in [2.45, 2.75) is 13.3 Å². The predicted octanol–water partition coefficient (Wildman–Crippen LogP) is 2.09. The third-order valence-electron chi connectivity index (χ3n) is 4.07. The molecular weight excluding hydrogens is 234 g/mol.